The molecule has 0 bridgehead atoms. The van der Waals surface area contributed by atoms with Crippen molar-refractivity contribution in [3.8, 4) is 5.75 Å². The molecular formula is C33H35NO6S. The fourth-order valence-corrected chi connectivity index (χ4v) is 6.91. The lowest BCUT2D eigenvalue weighted by Crippen LogP contribution is -2.39. The fourth-order valence-electron chi connectivity index (χ4n) is 6.22. The SMILES string of the molecule is COCC1=C([C@H](O)CC/C(=C/c2ccc(O)cc2)c2ccccc2)[C@H](CO)[C@@H]2C(=O)N(Cc3cccs3)C(=O)[C@@H]2C1. The van der Waals surface area contributed by atoms with Crippen molar-refractivity contribution in [3.05, 3.63) is 99.3 Å². The Bertz CT molecular complexity index is 1410. The van der Waals surface area contributed by atoms with Crippen molar-refractivity contribution in [2.75, 3.05) is 20.3 Å². The van der Waals surface area contributed by atoms with Gasteiger partial charge in [0.2, 0.25) is 11.8 Å². The number of benzene rings is 2. The van der Waals surface area contributed by atoms with Gasteiger partial charge in [-0.05, 0) is 70.7 Å². The number of nitrogens with zero attached hydrogens (tertiary/aromatic N) is 1. The highest BCUT2D eigenvalue weighted by atomic mass is 32.1. The zero-order valence-electron chi connectivity index (χ0n) is 23.0. The van der Waals surface area contributed by atoms with Gasteiger partial charge in [-0.25, -0.2) is 0 Å². The van der Waals surface area contributed by atoms with E-state index in [1.54, 1.807) is 19.2 Å². The van der Waals surface area contributed by atoms with Crippen molar-refractivity contribution < 1.29 is 29.6 Å². The third-order valence-corrected chi connectivity index (χ3v) is 8.97. The molecule has 3 N–H and O–H groups in total. The van der Waals surface area contributed by atoms with Crippen LogP contribution in [0.15, 0.2) is 83.3 Å². The van der Waals surface area contributed by atoms with Gasteiger partial charge in [-0.3, -0.25) is 14.5 Å². The number of aliphatic hydroxyl groups excluding tert-OH is 2. The molecule has 0 saturated carbocycles. The second-order valence-electron chi connectivity index (χ2n) is 10.6. The Kier molecular flexibility index (Phi) is 9.15. The van der Waals surface area contributed by atoms with E-state index in [0.717, 1.165) is 27.2 Å². The summed E-state index contributed by atoms with van der Waals surface area (Å²) in [5.41, 5.74) is 4.34. The second-order valence-corrected chi connectivity index (χ2v) is 11.7. The minimum absolute atomic E-state index is 0.191. The fraction of sp³-hybridized carbons (Fsp3) is 0.333. The van der Waals surface area contributed by atoms with Gasteiger partial charge in [0.05, 0.1) is 37.7 Å². The molecule has 2 aliphatic rings. The normalized spacial score (nSPS) is 21.9. The molecule has 1 aliphatic heterocycles. The van der Waals surface area contributed by atoms with E-state index in [9.17, 15) is 24.9 Å². The lowest BCUT2D eigenvalue weighted by Gasteiger charge is -2.36. The molecule has 2 heterocycles. The summed E-state index contributed by atoms with van der Waals surface area (Å²) in [5, 5.41) is 33.8. The summed E-state index contributed by atoms with van der Waals surface area (Å²) in [6.07, 6.45) is 2.31. The number of amides is 2. The van der Waals surface area contributed by atoms with Gasteiger partial charge < -0.3 is 20.1 Å². The van der Waals surface area contributed by atoms with Crippen LogP contribution in [0.3, 0.4) is 0 Å². The highest BCUT2D eigenvalue weighted by Crippen LogP contribution is 2.47. The molecule has 8 heteroatoms. The average molecular weight is 574 g/mol. The third-order valence-electron chi connectivity index (χ3n) is 8.11. The van der Waals surface area contributed by atoms with Crippen LogP contribution in [0.2, 0.25) is 0 Å². The molecule has 1 aromatic heterocycles. The number of aromatic hydroxyl groups is 1. The van der Waals surface area contributed by atoms with E-state index >= 15 is 0 Å². The molecule has 0 unspecified atom stereocenters. The van der Waals surface area contributed by atoms with Crippen LogP contribution in [-0.2, 0) is 20.9 Å². The third kappa shape index (κ3) is 6.21. The molecule has 2 amide bonds. The van der Waals surface area contributed by atoms with E-state index in [-0.39, 0.29) is 37.3 Å². The number of carbonyl (C=O) groups excluding carboxylic acids is 2. The number of fused-ring (bicyclic) bond motifs is 1. The Balaban J connectivity index is 1.41. The highest BCUT2D eigenvalue weighted by molar-refractivity contribution is 7.09. The molecule has 2 aromatic carbocycles. The number of methoxy groups -OCH3 is 1. The zero-order chi connectivity index (χ0) is 28.9. The molecule has 3 aromatic rings. The summed E-state index contributed by atoms with van der Waals surface area (Å²) >= 11 is 1.49. The number of likely N-dealkylation sites (tertiary alicyclic amines) is 1. The van der Waals surface area contributed by atoms with Gasteiger partial charge in [0.25, 0.3) is 0 Å². The lowest BCUT2D eigenvalue weighted by atomic mass is 9.68. The number of allylic oxidation sites excluding steroid dienone is 1. The van der Waals surface area contributed by atoms with E-state index in [2.05, 4.69) is 0 Å². The molecule has 7 nitrogen and oxygen atoms in total. The quantitative estimate of drug-likeness (QED) is 0.171. The van der Waals surface area contributed by atoms with Gasteiger partial charge in [-0.2, -0.15) is 0 Å². The number of rotatable bonds is 11. The molecule has 1 fully saturated rings. The topological polar surface area (TPSA) is 107 Å². The van der Waals surface area contributed by atoms with Gasteiger partial charge in [0.1, 0.15) is 5.75 Å². The first-order valence-corrected chi connectivity index (χ1v) is 14.7. The van der Waals surface area contributed by atoms with E-state index in [4.69, 9.17) is 4.74 Å². The largest absolute Gasteiger partial charge is 0.508 e. The lowest BCUT2D eigenvalue weighted by molar-refractivity contribution is -0.140. The van der Waals surface area contributed by atoms with Crippen molar-refractivity contribution in [1.29, 1.82) is 0 Å². The number of hydrogen-bond acceptors (Lipinski definition) is 7. The molecule has 41 heavy (non-hydrogen) atoms. The van der Waals surface area contributed by atoms with Gasteiger partial charge in [-0.15, -0.1) is 11.3 Å². The number of ether oxygens (including phenoxy) is 1. The van der Waals surface area contributed by atoms with Crippen molar-refractivity contribution in [2.45, 2.75) is 31.9 Å². The van der Waals surface area contributed by atoms with Crippen molar-refractivity contribution in [3.63, 3.8) is 0 Å². The minimum Gasteiger partial charge on any atom is -0.508 e. The predicted molar refractivity (Wildman–Crippen MR) is 159 cm³/mol. The zero-order valence-corrected chi connectivity index (χ0v) is 23.8. The number of phenols is 1. The Labute approximate surface area is 244 Å². The van der Waals surface area contributed by atoms with Crippen molar-refractivity contribution in [1.82, 2.24) is 4.90 Å². The maximum absolute atomic E-state index is 13.6. The highest BCUT2D eigenvalue weighted by Gasteiger charge is 2.54. The van der Waals surface area contributed by atoms with Crippen LogP contribution < -0.4 is 0 Å². The molecule has 0 spiro atoms. The van der Waals surface area contributed by atoms with Gasteiger partial charge in [0.15, 0.2) is 0 Å². The van der Waals surface area contributed by atoms with Crippen LogP contribution in [0.5, 0.6) is 5.75 Å². The average Bonchev–Trinajstić information content (AvgIpc) is 3.59. The first-order chi connectivity index (χ1) is 19.9. The summed E-state index contributed by atoms with van der Waals surface area (Å²) < 4.78 is 5.47. The standard InChI is InChI=1S/C33H35NO6S/c1-40-20-24-17-27-31(33(39)34(32(27)38)18-26-8-5-15-41-26)28(19-35)30(24)29(37)14-11-23(22-6-3-2-4-7-22)16-21-9-12-25(36)13-10-21/h2-10,12-13,15-16,27-29,31,35-37H,11,14,17-20H2,1H3/b23-16-/t27-,28+,29-,31-/m1/s1. The van der Waals surface area contributed by atoms with E-state index < -0.39 is 23.9 Å². The van der Waals surface area contributed by atoms with E-state index in [0.29, 0.717) is 24.8 Å². The van der Waals surface area contributed by atoms with Crippen LogP contribution >= 0.6 is 11.3 Å². The smallest absolute Gasteiger partial charge is 0.234 e. The second kappa shape index (κ2) is 13.0. The first kappa shape index (κ1) is 29.0. The molecule has 1 aliphatic carbocycles. The number of phenolic OH excluding ortho intramolecular Hbond substituents is 1. The number of aliphatic hydroxyl groups is 2. The van der Waals surface area contributed by atoms with Crippen LogP contribution in [0.25, 0.3) is 11.6 Å². The Morgan fingerprint density at radius 1 is 1.07 bits per heavy atom. The Morgan fingerprint density at radius 3 is 2.49 bits per heavy atom. The Morgan fingerprint density at radius 2 is 1.83 bits per heavy atom. The van der Waals surface area contributed by atoms with Crippen LogP contribution in [0.4, 0.5) is 0 Å². The van der Waals surface area contributed by atoms with Crippen molar-refractivity contribution in [2.24, 2.45) is 17.8 Å². The summed E-state index contributed by atoms with van der Waals surface area (Å²) in [6.45, 7) is 0.0927. The number of carbonyl (C=O) groups is 2. The van der Waals surface area contributed by atoms with E-state index in [1.165, 1.54) is 16.2 Å². The summed E-state index contributed by atoms with van der Waals surface area (Å²) in [4.78, 5) is 29.2. The van der Waals surface area contributed by atoms with Gasteiger partial charge >= 0.3 is 0 Å². The Hall–Kier alpha value is -3.56. The van der Waals surface area contributed by atoms with Crippen LogP contribution in [0.1, 0.15) is 35.3 Å². The molecule has 214 valence electrons. The number of hydrogen-bond donors (Lipinski definition) is 3. The summed E-state index contributed by atoms with van der Waals surface area (Å²) in [6, 6.07) is 20.6. The molecule has 4 atom stereocenters. The molecule has 5 rings (SSSR count). The molecular weight excluding hydrogens is 538 g/mol. The maximum atomic E-state index is 13.6. The van der Waals surface area contributed by atoms with Gasteiger partial charge in [0, 0.05) is 17.9 Å². The van der Waals surface area contributed by atoms with Crippen LogP contribution in [0, 0.1) is 17.8 Å². The maximum Gasteiger partial charge on any atom is 0.234 e. The van der Waals surface area contributed by atoms with E-state index in [1.807, 2.05) is 66.1 Å². The summed E-state index contributed by atoms with van der Waals surface area (Å²) in [7, 11) is 1.57. The number of imide groups is 1. The van der Waals surface area contributed by atoms with Crippen LogP contribution in [-0.4, -0.2) is 58.5 Å². The predicted octanol–water partition coefficient (Wildman–Crippen LogP) is 4.89. The van der Waals surface area contributed by atoms with Gasteiger partial charge in [-0.1, -0.05) is 54.6 Å². The molecule has 1 saturated heterocycles. The van der Waals surface area contributed by atoms with Crippen molar-refractivity contribution >= 4 is 34.8 Å². The molecule has 0 radical (unpaired) electrons. The number of thiophene rings is 1. The summed E-state index contributed by atoms with van der Waals surface area (Å²) in [5.74, 6) is -2.27. The minimum atomic E-state index is -0.931. The monoisotopic (exact) mass is 573 g/mol. The first-order valence-electron chi connectivity index (χ1n) is 13.8.